The third-order valence-corrected chi connectivity index (χ3v) is 3.68. The first-order valence-electron chi connectivity index (χ1n) is 6.82. The van der Waals surface area contributed by atoms with E-state index in [9.17, 15) is 0 Å². The molecule has 0 unspecified atom stereocenters. The second kappa shape index (κ2) is 5.52. The summed E-state index contributed by atoms with van der Waals surface area (Å²) in [5.41, 5.74) is 1.30. The largest absolute Gasteiger partial charge is 0.299 e. The molecule has 0 saturated carbocycles. The predicted octanol–water partition coefficient (Wildman–Crippen LogP) is 0.924. The van der Waals surface area contributed by atoms with Crippen LogP contribution in [-0.2, 0) is 20.1 Å². The van der Waals surface area contributed by atoms with Crippen LogP contribution in [-0.4, -0.2) is 42.5 Å². The molecule has 1 aliphatic heterocycles. The molecule has 0 spiro atoms. The summed E-state index contributed by atoms with van der Waals surface area (Å²) >= 11 is 0. The lowest BCUT2D eigenvalue weighted by Crippen LogP contribution is -2.36. The summed E-state index contributed by atoms with van der Waals surface area (Å²) in [4.78, 5) is 6.52. The van der Waals surface area contributed by atoms with E-state index in [2.05, 4.69) is 26.3 Å². The average molecular weight is 260 g/mol. The third kappa shape index (κ3) is 3.20. The van der Waals surface area contributed by atoms with Gasteiger partial charge in [-0.2, -0.15) is 10.2 Å². The first kappa shape index (κ1) is 12.3. The summed E-state index contributed by atoms with van der Waals surface area (Å²) < 4.78 is 3.81. The summed E-state index contributed by atoms with van der Waals surface area (Å²) in [6.45, 7) is 4.29. The molecular weight excluding hydrogens is 240 g/mol. The predicted molar refractivity (Wildman–Crippen MR) is 71.2 cm³/mol. The molecule has 0 radical (unpaired) electrons. The van der Waals surface area contributed by atoms with Crippen LogP contribution in [0.15, 0.2) is 25.0 Å². The molecule has 0 aromatic carbocycles. The van der Waals surface area contributed by atoms with E-state index in [-0.39, 0.29) is 0 Å². The van der Waals surface area contributed by atoms with Crippen molar-refractivity contribution in [1.29, 1.82) is 0 Å². The molecule has 1 aliphatic rings. The molecule has 19 heavy (non-hydrogen) atoms. The molecule has 1 atom stereocenters. The molecule has 3 heterocycles. The number of aryl methyl sites for hydroxylation is 1. The van der Waals surface area contributed by atoms with Gasteiger partial charge < -0.3 is 0 Å². The second-order valence-electron chi connectivity index (χ2n) is 5.38. The van der Waals surface area contributed by atoms with Crippen LogP contribution in [0, 0.1) is 5.92 Å². The van der Waals surface area contributed by atoms with Crippen molar-refractivity contribution in [1.82, 2.24) is 29.4 Å². The van der Waals surface area contributed by atoms with Crippen molar-refractivity contribution in [2.75, 3.05) is 13.1 Å². The molecule has 0 aliphatic carbocycles. The zero-order valence-electron chi connectivity index (χ0n) is 11.3. The Bertz CT molecular complexity index is 503. The van der Waals surface area contributed by atoms with Gasteiger partial charge in [0.05, 0.1) is 6.20 Å². The first-order valence-corrected chi connectivity index (χ1v) is 6.82. The third-order valence-electron chi connectivity index (χ3n) is 3.68. The highest BCUT2D eigenvalue weighted by molar-refractivity contribution is 5.03. The number of hydrogen-bond donors (Lipinski definition) is 0. The SMILES string of the molecule is Cn1cc(CN2CCC[C@H](Cn3cncn3)C2)cn1. The summed E-state index contributed by atoms with van der Waals surface area (Å²) in [6, 6.07) is 0. The Morgan fingerprint density at radius 2 is 2.32 bits per heavy atom. The zero-order chi connectivity index (χ0) is 13.1. The maximum Gasteiger partial charge on any atom is 0.137 e. The van der Waals surface area contributed by atoms with Crippen molar-refractivity contribution in [3.8, 4) is 0 Å². The van der Waals surface area contributed by atoms with Crippen LogP contribution in [0.1, 0.15) is 18.4 Å². The van der Waals surface area contributed by atoms with E-state index in [0.29, 0.717) is 5.92 Å². The van der Waals surface area contributed by atoms with Gasteiger partial charge in [0.2, 0.25) is 0 Å². The fourth-order valence-corrected chi connectivity index (χ4v) is 2.85. The summed E-state index contributed by atoms with van der Waals surface area (Å²) in [6.07, 6.45) is 10.0. The van der Waals surface area contributed by atoms with Crippen molar-refractivity contribution in [3.63, 3.8) is 0 Å². The maximum atomic E-state index is 4.23. The van der Waals surface area contributed by atoms with Gasteiger partial charge in [-0.1, -0.05) is 0 Å². The van der Waals surface area contributed by atoms with Crippen LogP contribution in [0.2, 0.25) is 0 Å². The van der Waals surface area contributed by atoms with Crippen LogP contribution in [0.25, 0.3) is 0 Å². The van der Waals surface area contributed by atoms with E-state index in [0.717, 1.165) is 19.6 Å². The molecule has 0 amide bonds. The number of nitrogens with zero attached hydrogens (tertiary/aromatic N) is 6. The summed E-state index contributed by atoms with van der Waals surface area (Å²) in [5, 5.41) is 8.43. The van der Waals surface area contributed by atoms with Gasteiger partial charge in [0.25, 0.3) is 0 Å². The van der Waals surface area contributed by atoms with Crippen molar-refractivity contribution in [2.24, 2.45) is 13.0 Å². The molecule has 1 fully saturated rings. The minimum Gasteiger partial charge on any atom is -0.299 e. The Morgan fingerprint density at radius 1 is 1.37 bits per heavy atom. The van der Waals surface area contributed by atoms with Gasteiger partial charge in [0, 0.05) is 38.4 Å². The zero-order valence-corrected chi connectivity index (χ0v) is 11.3. The lowest BCUT2D eigenvalue weighted by Gasteiger charge is -2.32. The highest BCUT2D eigenvalue weighted by Crippen LogP contribution is 2.19. The Kier molecular flexibility index (Phi) is 3.59. The van der Waals surface area contributed by atoms with Crippen LogP contribution in [0.4, 0.5) is 0 Å². The van der Waals surface area contributed by atoms with Crippen molar-refractivity contribution >= 4 is 0 Å². The first-order chi connectivity index (χ1) is 9.29. The number of hydrogen-bond acceptors (Lipinski definition) is 4. The van der Waals surface area contributed by atoms with E-state index in [1.54, 1.807) is 12.7 Å². The Labute approximate surface area is 113 Å². The van der Waals surface area contributed by atoms with Gasteiger partial charge in [-0.3, -0.25) is 14.3 Å². The van der Waals surface area contributed by atoms with Gasteiger partial charge in [0.15, 0.2) is 0 Å². The van der Waals surface area contributed by atoms with E-state index in [1.165, 1.54) is 24.9 Å². The Balaban J connectivity index is 1.55. The molecule has 2 aromatic rings. The van der Waals surface area contributed by atoms with Gasteiger partial charge in [-0.05, 0) is 25.3 Å². The number of piperidine rings is 1. The van der Waals surface area contributed by atoms with Crippen molar-refractivity contribution in [2.45, 2.75) is 25.9 Å². The number of rotatable bonds is 4. The standard InChI is InChI=1S/C13H20N6/c1-17-6-13(5-15-17)8-18-4-2-3-12(7-18)9-19-11-14-10-16-19/h5-6,10-12H,2-4,7-9H2,1H3/t12-/m0/s1. The smallest absolute Gasteiger partial charge is 0.137 e. The monoisotopic (exact) mass is 260 g/mol. The van der Waals surface area contributed by atoms with Crippen LogP contribution < -0.4 is 0 Å². The number of aromatic nitrogens is 5. The molecule has 3 rings (SSSR count). The van der Waals surface area contributed by atoms with E-state index < -0.39 is 0 Å². The van der Waals surface area contributed by atoms with Crippen LogP contribution in [0.3, 0.4) is 0 Å². The average Bonchev–Trinajstić information content (AvgIpc) is 3.02. The molecule has 0 bridgehead atoms. The molecular formula is C13H20N6. The maximum absolute atomic E-state index is 4.23. The van der Waals surface area contributed by atoms with E-state index in [4.69, 9.17) is 0 Å². The summed E-state index contributed by atoms with van der Waals surface area (Å²) in [5.74, 6) is 0.673. The normalized spacial score (nSPS) is 20.8. The Hall–Kier alpha value is -1.69. The quantitative estimate of drug-likeness (QED) is 0.820. The van der Waals surface area contributed by atoms with Crippen molar-refractivity contribution < 1.29 is 0 Å². The van der Waals surface area contributed by atoms with Gasteiger partial charge in [0.1, 0.15) is 12.7 Å². The molecule has 0 N–H and O–H groups in total. The lowest BCUT2D eigenvalue weighted by molar-refractivity contribution is 0.153. The highest BCUT2D eigenvalue weighted by Gasteiger charge is 2.20. The minimum atomic E-state index is 0.673. The molecule has 6 heteroatoms. The second-order valence-corrected chi connectivity index (χ2v) is 5.38. The number of likely N-dealkylation sites (tertiary alicyclic amines) is 1. The molecule has 1 saturated heterocycles. The minimum absolute atomic E-state index is 0.673. The highest BCUT2D eigenvalue weighted by atomic mass is 15.3. The van der Waals surface area contributed by atoms with Gasteiger partial charge >= 0.3 is 0 Å². The fourth-order valence-electron chi connectivity index (χ4n) is 2.85. The molecule has 6 nitrogen and oxygen atoms in total. The van der Waals surface area contributed by atoms with E-state index >= 15 is 0 Å². The van der Waals surface area contributed by atoms with Gasteiger partial charge in [-0.25, -0.2) is 4.98 Å². The topological polar surface area (TPSA) is 51.8 Å². The van der Waals surface area contributed by atoms with Gasteiger partial charge in [-0.15, -0.1) is 0 Å². The van der Waals surface area contributed by atoms with E-state index in [1.807, 2.05) is 22.6 Å². The molecule has 2 aromatic heterocycles. The van der Waals surface area contributed by atoms with Crippen LogP contribution >= 0.6 is 0 Å². The fraction of sp³-hybridized carbons (Fsp3) is 0.615. The Morgan fingerprint density at radius 3 is 3.05 bits per heavy atom. The summed E-state index contributed by atoms with van der Waals surface area (Å²) in [7, 11) is 1.97. The van der Waals surface area contributed by atoms with Crippen molar-refractivity contribution in [3.05, 3.63) is 30.6 Å². The van der Waals surface area contributed by atoms with Crippen LogP contribution in [0.5, 0.6) is 0 Å². The molecule has 102 valence electrons. The lowest BCUT2D eigenvalue weighted by atomic mass is 9.98.